The number of amides is 1. The Hall–Kier alpha value is -4.76. The number of carbonyl (C=O) groups excluding carboxylic acids is 1. The van der Waals surface area contributed by atoms with Crippen molar-refractivity contribution in [2.24, 2.45) is 0 Å². The molecule has 42 heavy (non-hydrogen) atoms. The van der Waals surface area contributed by atoms with E-state index in [0.29, 0.717) is 49.4 Å². The largest absolute Gasteiger partial charge is 0.508 e. The Morgan fingerprint density at radius 3 is 2.60 bits per heavy atom. The van der Waals surface area contributed by atoms with E-state index in [0.717, 1.165) is 16.5 Å². The summed E-state index contributed by atoms with van der Waals surface area (Å²) in [5, 5.41) is 12.5. The fraction of sp³-hybridized carbons (Fsp3) is 0.188. The average molecular weight is 584 g/mol. The van der Waals surface area contributed by atoms with Crippen molar-refractivity contribution in [2.45, 2.75) is 6.42 Å². The van der Waals surface area contributed by atoms with Crippen molar-refractivity contribution in [3.8, 4) is 22.9 Å². The monoisotopic (exact) mass is 583 g/mol. The van der Waals surface area contributed by atoms with Gasteiger partial charge in [0, 0.05) is 55.4 Å². The lowest BCUT2D eigenvalue weighted by molar-refractivity contribution is -0.126. The highest BCUT2D eigenvalue weighted by molar-refractivity contribution is 6.35. The maximum Gasteiger partial charge on any atom is 0.319 e. The molecule has 0 bridgehead atoms. The van der Waals surface area contributed by atoms with Crippen LogP contribution in [0.1, 0.15) is 5.69 Å². The van der Waals surface area contributed by atoms with Crippen LogP contribution in [0.15, 0.2) is 79.5 Å². The van der Waals surface area contributed by atoms with Crippen LogP contribution >= 0.6 is 11.6 Å². The number of rotatable bonds is 7. The second-order valence-corrected chi connectivity index (χ2v) is 10.3. The number of hydrogen-bond acceptors (Lipinski definition) is 7. The highest BCUT2D eigenvalue weighted by Gasteiger charge is 2.26. The minimum atomic E-state index is -0.646. The van der Waals surface area contributed by atoms with Gasteiger partial charge in [0.05, 0.1) is 11.6 Å². The van der Waals surface area contributed by atoms with Crippen LogP contribution < -0.4 is 9.64 Å². The lowest BCUT2D eigenvalue weighted by Gasteiger charge is -2.35. The maximum atomic E-state index is 16.6. The number of nitrogens with zero attached hydrogens (tertiary/aromatic N) is 5. The molecular weight excluding hydrogens is 557 g/mol. The zero-order valence-electron chi connectivity index (χ0n) is 22.6. The molecule has 1 saturated heterocycles. The van der Waals surface area contributed by atoms with Crippen LogP contribution in [0.2, 0.25) is 5.02 Å². The van der Waals surface area contributed by atoms with E-state index in [1.54, 1.807) is 23.2 Å². The molecule has 0 radical (unpaired) electrons. The molecule has 1 fully saturated rings. The van der Waals surface area contributed by atoms with Gasteiger partial charge in [-0.15, -0.1) is 0 Å². The second-order valence-electron chi connectivity index (χ2n) is 9.92. The fourth-order valence-corrected chi connectivity index (χ4v) is 5.57. The Morgan fingerprint density at radius 1 is 1.05 bits per heavy atom. The van der Waals surface area contributed by atoms with Gasteiger partial charge in [0.15, 0.2) is 5.82 Å². The smallest absolute Gasteiger partial charge is 0.319 e. The van der Waals surface area contributed by atoms with E-state index in [9.17, 15) is 9.90 Å². The number of piperazine rings is 1. The van der Waals surface area contributed by atoms with Crippen molar-refractivity contribution >= 4 is 45.0 Å². The van der Waals surface area contributed by atoms with Crippen molar-refractivity contribution in [1.29, 1.82) is 0 Å². The van der Waals surface area contributed by atoms with Crippen LogP contribution in [0.3, 0.4) is 0 Å². The summed E-state index contributed by atoms with van der Waals surface area (Å²) in [6.45, 7) is 5.66. The number of aromatic nitrogens is 3. The molecule has 3 aromatic carbocycles. The molecule has 0 unspecified atom stereocenters. The molecule has 2 aromatic heterocycles. The lowest BCUT2D eigenvalue weighted by atomic mass is 9.96. The molecule has 8 nitrogen and oxygen atoms in total. The molecule has 1 aliphatic heterocycles. The molecule has 1 N–H and O–H groups in total. The topological polar surface area (TPSA) is 91.7 Å². The van der Waals surface area contributed by atoms with Gasteiger partial charge in [-0.05, 0) is 52.7 Å². The molecule has 1 amide bonds. The van der Waals surface area contributed by atoms with Gasteiger partial charge >= 0.3 is 6.01 Å². The van der Waals surface area contributed by atoms with Crippen molar-refractivity contribution in [3.05, 3.63) is 96.0 Å². The molecule has 0 aliphatic carbocycles. The Balaban J connectivity index is 1.45. The third-order valence-electron chi connectivity index (χ3n) is 7.34. The summed E-state index contributed by atoms with van der Waals surface area (Å²) < 4.78 is 22.5. The van der Waals surface area contributed by atoms with Crippen molar-refractivity contribution in [2.75, 3.05) is 37.7 Å². The normalized spacial score (nSPS) is 13.5. The van der Waals surface area contributed by atoms with E-state index in [1.807, 2.05) is 47.4 Å². The molecule has 3 heterocycles. The summed E-state index contributed by atoms with van der Waals surface area (Å²) in [6, 6.07) is 17.8. The molecule has 10 heteroatoms. The first-order chi connectivity index (χ1) is 20.4. The zero-order valence-corrected chi connectivity index (χ0v) is 23.4. The number of aromatic hydroxyl groups is 1. The zero-order chi connectivity index (χ0) is 29.2. The van der Waals surface area contributed by atoms with Gasteiger partial charge in [0.2, 0.25) is 5.91 Å². The number of phenols is 1. The van der Waals surface area contributed by atoms with E-state index in [4.69, 9.17) is 16.3 Å². The van der Waals surface area contributed by atoms with Crippen LogP contribution in [0, 0.1) is 5.82 Å². The van der Waals surface area contributed by atoms with E-state index in [2.05, 4.69) is 21.5 Å². The summed E-state index contributed by atoms with van der Waals surface area (Å²) in [6.07, 6.45) is 3.52. The summed E-state index contributed by atoms with van der Waals surface area (Å²) in [5.41, 5.74) is 1.47. The van der Waals surface area contributed by atoms with Crippen LogP contribution in [0.25, 0.3) is 32.8 Å². The Bertz CT molecular complexity index is 1810. The van der Waals surface area contributed by atoms with Crippen molar-refractivity contribution < 1.29 is 19.0 Å². The van der Waals surface area contributed by atoms with Gasteiger partial charge in [-0.2, -0.15) is 9.97 Å². The quantitative estimate of drug-likeness (QED) is 0.242. The first kappa shape index (κ1) is 27.4. The fourth-order valence-electron chi connectivity index (χ4n) is 5.27. The predicted molar refractivity (Wildman–Crippen MR) is 162 cm³/mol. The number of anilines is 1. The maximum absolute atomic E-state index is 16.6. The summed E-state index contributed by atoms with van der Waals surface area (Å²) in [7, 11) is 0. The Morgan fingerprint density at radius 2 is 1.83 bits per heavy atom. The number of benzene rings is 3. The van der Waals surface area contributed by atoms with Crippen LogP contribution in [0.5, 0.6) is 11.8 Å². The minimum Gasteiger partial charge on any atom is -0.508 e. The van der Waals surface area contributed by atoms with Crippen molar-refractivity contribution in [3.63, 3.8) is 0 Å². The van der Waals surface area contributed by atoms with E-state index in [1.165, 1.54) is 12.1 Å². The molecule has 6 rings (SSSR count). The molecule has 0 atom stereocenters. The highest BCUT2D eigenvalue weighted by atomic mass is 35.5. The minimum absolute atomic E-state index is 0.00636. The first-order valence-corrected chi connectivity index (χ1v) is 13.9. The van der Waals surface area contributed by atoms with E-state index < -0.39 is 5.82 Å². The highest BCUT2D eigenvalue weighted by Crippen LogP contribution is 2.42. The predicted octanol–water partition coefficient (Wildman–Crippen LogP) is 5.80. The van der Waals surface area contributed by atoms with Gasteiger partial charge < -0.3 is 19.6 Å². The van der Waals surface area contributed by atoms with Gasteiger partial charge in [0.1, 0.15) is 17.1 Å². The third kappa shape index (κ3) is 5.31. The van der Waals surface area contributed by atoms with Gasteiger partial charge in [-0.3, -0.25) is 9.78 Å². The van der Waals surface area contributed by atoms with E-state index in [-0.39, 0.29) is 40.4 Å². The Labute approximate surface area is 246 Å². The Kier molecular flexibility index (Phi) is 7.58. The molecule has 212 valence electrons. The first-order valence-electron chi connectivity index (χ1n) is 13.5. The summed E-state index contributed by atoms with van der Waals surface area (Å²) >= 11 is 6.78. The molecule has 1 aliphatic rings. The number of carbonyl (C=O) groups is 1. The number of fused-ring (bicyclic) bond motifs is 2. The number of ether oxygens (including phenoxy) is 1. The summed E-state index contributed by atoms with van der Waals surface area (Å²) in [5.74, 6) is -0.329. The van der Waals surface area contributed by atoms with Crippen molar-refractivity contribution in [1.82, 2.24) is 19.9 Å². The van der Waals surface area contributed by atoms with Crippen LogP contribution in [-0.2, 0) is 11.2 Å². The molecule has 5 aromatic rings. The van der Waals surface area contributed by atoms with E-state index >= 15 is 4.39 Å². The van der Waals surface area contributed by atoms with Gasteiger partial charge in [-0.25, -0.2) is 4.39 Å². The molecule has 0 spiro atoms. The number of pyridine rings is 1. The number of phenolic OH excluding ortho intramolecular Hbond substituents is 1. The third-order valence-corrected chi connectivity index (χ3v) is 7.64. The van der Waals surface area contributed by atoms with Crippen LogP contribution in [0.4, 0.5) is 10.2 Å². The van der Waals surface area contributed by atoms with Crippen LogP contribution in [-0.4, -0.2) is 63.7 Å². The summed E-state index contributed by atoms with van der Waals surface area (Å²) in [4.78, 5) is 29.3. The average Bonchev–Trinajstić information content (AvgIpc) is 3.01. The van der Waals surface area contributed by atoms with Gasteiger partial charge in [0.25, 0.3) is 0 Å². The second kappa shape index (κ2) is 11.6. The molecular formula is C32H27ClFN5O3. The number of halogens is 2. The lowest BCUT2D eigenvalue weighted by Crippen LogP contribution is -2.48. The molecule has 0 saturated carbocycles. The van der Waals surface area contributed by atoms with Gasteiger partial charge in [-0.1, -0.05) is 48.5 Å². The SMILES string of the molecule is C=CC(=O)N1CCN(c2nc(OCCc3ccccn3)nc3c(F)c(-c4cc(O)cc5ccccc45)c(Cl)cc23)CC1. The number of hydrogen-bond donors (Lipinski definition) is 1. The standard InChI is InChI=1S/C32H27ClFN5O3/c1-2-27(41)38-12-14-39(15-13-38)31-25-19-26(33)28(24-18-22(40)17-20-7-3-4-9-23(20)24)29(34)30(25)36-32(37-31)42-16-10-21-8-5-6-11-35-21/h2-9,11,17-19,40H,1,10,12-16H2.